The summed E-state index contributed by atoms with van der Waals surface area (Å²) in [5, 5.41) is 58.3. The SMILES string of the molecule is O=c1ccn([C@@H]2O[C@H](O[P+](=O)O[P+](=O)O[C@H]3O[C@H](CO)[C@@H](O)[C@H](O)[C@H]3O)[C@@H](O)[C@H]2O)c(=O)[nH]1. The quantitative estimate of drug-likeness (QED) is 0.163. The predicted molar refractivity (Wildman–Crippen MR) is 99.5 cm³/mol. The molecule has 7 N–H and O–H groups in total. The zero-order valence-corrected chi connectivity index (χ0v) is 18.0. The Balaban J connectivity index is 1.57. The number of H-pyrrole nitrogens is 1. The van der Waals surface area contributed by atoms with Crippen LogP contribution in [0.1, 0.15) is 6.23 Å². The minimum absolute atomic E-state index is 0.725. The Bertz CT molecular complexity index is 984. The maximum Gasteiger partial charge on any atom is 0.750 e. The highest BCUT2D eigenvalue weighted by Crippen LogP contribution is 2.45. The van der Waals surface area contributed by atoms with Crippen molar-refractivity contribution >= 4 is 16.5 Å². The Kier molecular flexibility index (Phi) is 8.52. The number of hydrogen-bond acceptors (Lipinski definition) is 15. The molecule has 0 spiro atoms. The highest BCUT2D eigenvalue weighted by Gasteiger charge is 2.54. The van der Waals surface area contributed by atoms with Crippen molar-refractivity contribution in [2.24, 2.45) is 0 Å². The van der Waals surface area contributed by atoms with Gasteiger partial charge in [-0.3, -0.25) is 14.3 Å². The number of aliphatic hydroxyl groups excluding tert-OH is 6. The highest BCUT2D eigenvalue weighted by atomic mass is 31.2. The molecule has 19 heteroatoms. The van der Waals surface area contributed by atoms with Gasteiger partial charge in [-0.2, -0.15) is 0 Å². The van der Waals surface area contributed by atoms with Gasteiger partial charge in [-0.1, -0.05) is 9.05 Å². The van der Waals surface area contributed by atoms with Gasteiger partial charge >= 0.3 is 22.2 Å². The lowest BCUT2D eigenvalue weighted by Crippen LogP contribution is -2.58. The summed E-state index contributed by atoms with van der Waals surface area (Å²) in [5.74, 6) is 0. The summed E-state index contributed by atoms with van der Waals surface area (Å²) in [6, 6.07) is 0.947. The molecule has 2 aliphatic heterocycles. The van der Waals surface area contributed by atoms with Crippen molar-refractivity contribution < 1.29 is 62.6 Å². The smallest absolute Gasteiger partial charge is 0.394 e. The maximum atomic E-state index is 12.0. The Hall–Kier alpha value is -1.56. The normalized spacial score (nSPS) is 37.7. The van der Waals surface area contributed by atoms with Gasteiger partial charge in [0.2, 0.25) is 12.6 Å². The van der Waals surface area contributed by atoms with Crippen molar-refractivity contribution in [3.63, 3.8) is 0 Å². The molecule has 0 aliphatic carbocycles. The van der Waals surface area contributed by atoms with Crippen LogP contribution in [-0.4, -0.2) is 96.0 Å². The minimum Gasteiger partial charge on any atom is -0.394 e. The maximum absolute atomic E-state index is 12.0. The molecular weight excluding hydrogens is 498 g/mol. The second kappa shape index (κ2) is 10.8. The third-order valence-corrected chi connectivity index (χ3v) is 6.51. The van der Waals surface area contributed by atoms with E-state index < -0.39 is 89.8 Å². The molecule has 2 aliphatic rings. The zero-order chi connectivity index (χ0) is 24.4. The van der Waals surface area contributed by atoms with E-state index in [1.807, 2.05) is 4.98 Å². The average Bonchev–Trinajstić information content (AvgIpc) is 3.02. The summed E-state index contributed by atoms with van der Waals surface area (Å²) >= 11 is 0. The fourth-order valence-electron chi connectivity index (χ4n) is 2.99. The van der Waals surface area contributed by atoms with E-state index in [9.17, 15) is 44.3 Å². The van der Waals surface area contributed by atoms with E-state index in [-0.39, 0.29) is 0 Å². The molecule has 0 saturated carbocycles. The van der Waals surface area contributed by atoms with E-state index >= 15 is 0 Å². The Labute approximate surface area is 184 Å². The van der Waals surface area contributed by atoms with Crippen LogP contribution in [0.15, 0.2) is 21.9 Å². The molecule has 11 atom stereocenters. The van der Waals surface area contributed by atoms with Gasteiger partial charge in [0.25, 0.3) is 5.56 Å². The minimum atomic E-state index is -3.35. The van der Waals surface area contributed by atoms with Crippen LogP contribution >= 0.6 is 16.5 Å². The molecule has 0 bridgehead atoms. The first-order valence-electron chi connectivity index (χ1n) is 9.13. The second-order valence-corrected chi connectivity index (χ2v) is 8.80. The molecule has 2 saturated heterocycles. The third kappa shape index (κ3) is 5.75. The van der Waals surface area contributed by atoms with Crippen LogP contribution in [-0.2, 0) is 32.0 Å². The Morgan fingerprint density at radius 3 is 2.06 bits per heavy atom. The van der Waals surface area contributed by atoms with Crippen molar-refractivity contribution in [1.29, 1.82) is 0 Å². The van der Waals surface area contributed by atoms with Crippen LogP contribution in [0, 0.1) is 0 Å². The molecule has 2 unspecified atom stereocenters. The van der Waals surface area contributed by atoms with Gasteiger partial charge in [0.05, 0.1) is 6.61 Å². The number of nitrogens with zero attached hydrogens (tertiary/aromatic N) is 1. The van der Waals surface area contributed by atoms with Crippen LogP contribution in [0.25, 0.3) is 0 Å². The lowest BCUT2D eigenvalue weighted by atomic mass is 10.00. The summed E-state index contributed by atoms with van der Waals surface area (Å²) < 4.78 is 48.6. The topological polar surface area (TPSA) is 257 Å². The molecule has 17 nitrogen and oxygen atoms in total. The number of ether oxygens (including phenoxy) is 2. The molecule has 0 aromatic carbocycles. The summed E-state index contributed by atoms with van der Waals surface area (Å²) in [6.07, 6.45) is -14.6. The number of rotatable bonds is 8. The van der Waals surface area contributed by atoms with Crippen molar-refractivity contribution in [3.8, 4) is 0 Å². The summed E-state index contributed by atoms with van der Waals surface area (Å²) in [5.41, 5.74) is -1.70. The van der Waals surface area contributed by atoms with Crippen LogP contribution < -0.4 is 11.2 Å². The molecule has 0 radical (unpaired) electrons. The first-order chi connectivity index (χ1) is 15.5. The lowest BCUT2D eigenvalue weighted by Gasteiger charge is -2.36. The van der Waals surface area contributed by atoms with Crippen molar-refractivity contribution in [2.45, 2.75) is 55.4 Å². The average molecular weight is 518 g/mol. The number of nitrogens with one attached hydrogen (secondary N) is 1. The monoisotopic (exact) mass is 518 g/mol. The van der Waals surface area contributed by atoms with Gasteiger partial charge in [-0.05, 0) is 0 Å². The molecule has 1 aromatic heterocycles. The number of aliphatic hydroxyl groups is 6. The van der Waals surface area contributed by atoms with Gasteiger partial charge in [0.15, 0.2) is 10.5 Å². The molecule has 184 valence electrons. The lowest BCUT2D eigenvalue weighted by molar-refractivity contribution is -0.277. The van der Waals surface area contributed by atoms with Gasteiger partial charge in [-0.25, -0.2) is 4.79 Å². The standard InChI is InChI=1S/C14H19N2O15P2/c17-3-4-6(19)7(20)9(22)12(27-4)29-32(25)31-33(26)30-13-10(23)8(21)11(28-13)16-2-1-5(18)15-14(16)24/h1-2,4,6-13,17,19-23H,3H2/q+1/p+1/t4-,6-,7+,8-,9-,10+,11-,12-,13-/m1/s1. The predicted octanol–water partition coefficient (Wildman–Crippen LogP) is -3.72. The summed E-state index contributed by atoms with van der Waals surface area (Å²) in [4.78, 5) is 24.9. The number of hydrogen-bond donors (Lipinski definition) is 7. The molecule has 3 rings (SSSR count). The molecule has 33 heavy (non-hydrogen) atoms. The molecule has 3 heterocycles. The van der Waals surface area contributed by atoms with E-state index in [4.69, 9.17) is 23.6 Å². The van der Waals surface area contributed by atoms with Crippen molar-refractivity contribution in [2.75, 3.05) is 6.61 Å². The molecule has 1 aromatic rings. The Morgan fingerprint density at radius 2 is 1.48 bits per heavy atom. The Morgan fingerprint density at radius 1 is 0.909 bits per heavy atom. The van der Waals surface area contributed by atoms with Gasteiger partial charge < -0.3 is 40.1 Å². The number of aromatic amines is 1. The molecular formula is C14H20N2O15P2+2. The van der Waals surface area contributed by atoms with E-state index in [2.05, 4.69) is 4.31 Å². The van der Waals surface area contributed by atoms with E-state index in [0.717, 1.165) is 16.8 Å². The fourth-order valence-corrected chi connectivity index (χ4v) is 4.42. The van der Waals surface area contributed by atoms with E-state index in [1.54, 1.807) is 0 Å². The van der Waals surface area contributed by atoms with Crippen LogP contribution in [0.3, 0.4) is 0 Å². The van der Waals surface area contributed by atoms with E-state index in [1.165, 1.54) is 0 Å². The van der Waals surface area contributed by atoms with Crippen LogP contribution in [0.2, 0.25) is 0 Å². The zero-order valence-electron chi connectivity index (χ0n) is 16.3. The highest BCUT2D eigenvalue weighted by molar-refractivity contribution is 7.47. The summed E-state index contributed by atoms with van der Waals surface area (Å²) in [6.45, 7) is -0.779. The molecule has 0 amide bonds. The summed E-state index contributed by atoms with van der Waals surface area (Å²) in [7, 11) is -6.70. The van der Waals surface area contributed by atoms with Gasteiger partial charge in [0.1, 0.15) is 36.6 Å². The third-order valence-electron chi connectivity index (χ3n) is 4.68. The molecule has 2 fully saturated rings. The first-order valence-corrected chi connectivity index (χ1v) is 11.3. The first kappa shape index (κ1) is 26.1. The largest absolute Gasteiger partial charge is 0.750 e. The fraction of sp³-hybridized carbons (Fsp3) is 0.714. The van der Waals surface area contributed by atoms with E-state index in [0.29, 0.717) is 0 Å². The van der Waals surface area contributed by atoms with Gasteiger partial charge in [0, 0.05) is 21.4 Å². The van der Waals surface area contributed by atoms with Gasteiger partial charge in [-0.15, -0.1) is 0 Å². The second-order valence-electron chi connectivity index (χ2n) is 6.83. The number of aromatic nitrogens is 2. The van der Waals surface area contributed by atoms with Crippen LogP contribution in [0.4, 0.5) is 0 Å². The van der Waals surface area contributed by atoms with Crippen LogP contribution in [0.5, 0.6) is 0 Å². The van der Waals surface area contributed by atoms with Crippen molar-refractivity contribution in [3.05, 3.63) is 33.1 Å². The van der Waals surface area contributed by atoms with Crippen molar-refractivity contribution in [1.82, 2.24) is 9.55 Å².